The van der Waals surface area contributed by atoms with Gasteiger partial charge in [-0.2, -0.15) is 0 Å². The van der Waals surface area contributed by atoms with E-state index in [1.54, 1.807) is 6.07 Å². The summed E-state index contributed by atoms with van der Waals surface area (Å²) in [7, 11) is 1.41. The van der Waals surface area contributed by atoms with Gasteiger partial charge in [-0.05, 0) is 18.2 Å². The van der Waals surface area contributed by atoms with E-state index >= 15 is 0 Å². The van der Waals surface area contributed by atoms with E-state index in [1.807, 2.05) is 48.5 Å². The van der Waals surface area contributed by atoms with Gasteiger partial charge in [-0.15, -0.1) is 5.10 Å². The highest BCUT2D eigenvalue weighted by atomic mass is 16.7. The van der Waals surface area contributed by atoms with Crippen LogP contribution in [-0.4, -0.2) is 17.1 Å². The summed E-state index contributed by atoms with van der Waals surface area (Å²) in [6, 6.07) is 16.7. The molecule has 0 bridgehead atoms. The molecule has 0 atom stereocenters. The fraction of sp³-hybridized carbons (Fsp3) is 0.125. The molecule has 3 aromatic rings. The molecule has 0 aliphatic rings. The summed E-state index contributed by atoms with van der Waals surface area (Å²) >= 11 is 0. The molecular weight excluding hydrogens is 268 g/mol. The zero-order valence-electron chi connectivity index (χ0n) is 11.5. The van der Waals surface area contributed by atoms with Gasteiger partial charge in [0.25, 0.3) is 0 Å². The van der Waals surface area contributed by atoms with Crippen LogP contribution < -0.4 is 15.1 Å². The maximum atomic E-state index is 12.1. The Morgan fingerprint density at radius 2 is 1.67 bits per heavy atom. The van der Waals surface area contributed by atoms with Crippen molar-refractivity contribution in [2.45, 2.75) is 6.61 Å². The maximum absolute atomic E-state index is 12.1. The Balaban J connectivity index is 2.01. The summed E-state index contributed by atoms with van der Waals surface area (Å²) in [5.74, 6) is 0.749. The first-order valence-electron chi connectivity index (χ1n) is 6.53. The molecule has 1 heterocycles. The molecule has 5 heteroatoms. The van der Waals surface area contributed by atoms with Crippen LogP contribution in [0.5, 0.6) is 5.75 Å². The summed E-state index contributed by atoms with van der Waals surface area (Å²) in [6.07, 6.45) is 0. The summed E-state index contributed by atoms with van der Waals surface area (Å²) in [5.41, 5.74) is 0.368. The zero-order chi connectivity index (χ0) is 14.7. The normalized spacial score (nSPS) is 10.5. The molecule has 0 N–H and O–H groups in total. The van der Waals surface area contributed by atoms with Gasteiger partial charge >= 0.3 is 5.56 Å². The third-order valence-corrected chi connectivity index (χ3v) is 3.15. The van der Waals surface area contributed by atoms with Crippen molar-refractivity contribution < 1.29 is 9.57 Å². The van der Waals surface area contributed by atoms with Gasteiger partial charge in [-0.1, -0.05) is 41.2 Å². The lowest BCUT2D eigenvalue weighted by molar-refractivity contribution is 0.118. The highest BCUT2D eigenvalue weighted by Gasteiger charge is 2.10. The number of fused-ring (bicyclic) bond motifs is 1. The van der Waals surface area contributed by atoms with Gasteiger partial charge in [0, 0.05) is 5.39 Å². The van der Waals surface area contributed by atoms with E-state index in [0.29, 0.717) is 11.1 Å². The van der Waals surface area contributed by atoms with E-state index in [9.17, 15) is 4.79 Å². The molecule has 0 saturated heterocycles. The van der Waals surface area contributed by atoms with Gasteiger partial charge in [-0.25, -0.2) is 0 Å². The van der Waals surface area contributed by atoms with Crippen molar-refractivity contribution in [2.24, 2.45) is 0 Å². The second-order valence-electron chi connectivity index (χ2n) is 4.45. The number of benzene rings is 2. The molecule has 0 radical (unpaired) electrons. The zero-order valence-corrected chi connectivity index (χ0v) is 11.5. The molecule has 0 unspecified atom stereocenters. The summed E-state index contributed by atoms with van der Waals surface area (Å²) in [6.45, 7) is 0.258. The SMILES string of the molecule is COn1nc(COc2ccccc2)c2ccccc2c1=O. The number of nitrogens with zero attached hydrogens (tertiary/aromatic N) is 2. The monoisotopic (exact) mass is 282 g/mol. The molecule has 106 valence electrons. The van der Waals surface area contributed by atoms with Crippen LogP contribution in [0.25, 0.3) is 10.8 Å². The topological polar surface area (TPSA) is 53.4 Å². The Labute approximate surface area is 121 Å². The highest BCUT2D eigenvalue weighted by Crippen LogP contribution is 2.16. The Kier molecular flexibility index (Phi) is 3.55. The second-order valence-corrected chi connectivity index (χ2v) is 4.45. The fourth-order valence-corrected chi connectivity index (χ4v) is 2.13. The van der Waals surface area contributed by atoms with Crippen molar-refractivity contribution in [3.63, 3.8) is 0 Å². The molecule has 21 heavy (non-hydrogen) atoms. The molecular formula is C16H14N2O3. The minimum Gasteiger partial charge on any atom is -0.487 e. The first-order chi connectivity index (χ1) is 10.3. The van der Waals surface area contributed by atoms with Gasteiger partial charge in [0.2, 0.25) is 0 Å². The van der Waals surface area contributed by atoms with Crippen molar-refractivity contribution in [1.82, 2.24) is 9.94 Å². The predicted octanol–water partition coefficient (Wildman–Crippen LogP) is 2.03. The van der Waals surface area contributed by atoms with Gasteiger partial charge in [0.15, 0.2) is 0 Å². The first kappa shape index (κ1) is 13.2. The van der Waals surface area contributed by atoms with Crippen molar-refractivity contribution >= 4 is 10.8 Å². The largest absolute Gasteiger partial charge is 0.487 e. The molecule has 0 saturated carbocycles. The molecule has 1 aromatic heterocycles. The average Bonchev–Trinajstić information content (AvgIpc) is 2.55. The number of ether oxygens (including phenoxy) is 1. The van der Waals surface area contributed by atoms with E-state index in [-0.39, 0.29) is 12.2 Å². The Hall–Kier alpha value is -2.82. The lowest BCUT2D eigenvalue weighted by Gasteiger charge is -2.10. The molecule has 3 rings (SSSR count). The third kappa shape index (κ3) is 2.58. The molecule has 5 nitrogen and oxygen atoms in total. The van der Waals surface area contributed by atoms with E-state index in [4.69, 9.17) is 9.57 Å². The number of rotatable bonds is 4. The van der Waals surface area contributed by atoms with E-state index in [0.717, 1.165) is 16.0 Å². The predicted molar refractivity (Wildman–Crippen MR) is 79.3 cm³/mol. The minimum absolute atomic E-state index is 0.258. The molecule has 0 spiro atoms. The summed E-state index contributed by atoms with van der Waals surface area (Å²) < 4.78 is 5.71. The van der Waals surface area contributed by atoms with Crippen molar-refractivity contribution in [2.75, 3.05) is 7.11 Å². The number of hydrogen-bond donors (Lipinski definition) is 0. The Morgan fingerprint density at radius 3 is 2.38 bits per heavy atom. The molecule has 2 aromatic carbocycles. The lowest BCUT2D eigenvalue weighted by atomic mass is 10.1. The Morgan fingerprint density at radius 1 is 1.00 bits per heavy atom. The maximum Gasteiger partial charge on any atom is 0.310 e. The number of hydrogen-bond acceptors (Lipinski definition) is 4. The van der Waals surface area contributed by atoms with Crippen LogP contribution in [0.2, 0.25) is 0 Å². The number of para-hydroxylation sites is 1. The van der Waals surface area contributed by atoms with Crippen LogP contribution in [-0.2, 0) is 6.61 Å². The van der Waals surface area contributed by atoms with Crippen LogP contribution in [0, 0.1) is 0 Å². The standard InChI is InChI=1S/C16H14N2O3/c1-20-18-16(19)14-10-6-5-9-13(14)15(17-18)11-21-12-7-3-2-4-8-12/h2-10H,11H2,1H3. The fourth-order valence-electron chi connectivity index (χ4n) is 2.13. The summed E-state index contributed by atoms with van der Waals surface area (Å²) in [5, 5.41) is 5.52. The number of aromatic nitrogens is 2. The summed E-state index contributed by atoms with van der Waals surface area (Å²) in [4.78, 5) is 18.1. The molecule has 0 amide bonds. The quantitative estimate of drug-likeness (QED) is 0.734. The van der Waals surface area contributed by atoms with E-state index in [1.165, 1.54) is 7.11 Å². The van der Waals surface area contributed by atoms with E-state index in [2.05, 4.69) is 5.10 Å². The van der Waals surface area contributed by atoms with Crippen LogP contribution in [0.1, 0.15) is 5.69 Å². The van der Waals surface area contributed by atoms with Crippen LogP contribution in [0.4, 0.5) is 0 Å². The molecule has 0 aliphatic carbocycles. The van der Waals surface area contributed by atoms with Crippen LogP contribution in [0.3, 0.4) is 0 Å². The van der Waals surface area contributed by atoms with Crippen LogP contribution >= 0.6 is 0 Å². The smallest absolute Gasteiger partial charge is 0.310 e. The lowest BCUT2D eigenvalue weighted by Crippen LogP contribution is -2.29. The first-order valence-corrected chi connectivity index (χ1v) is 6.53. The van der Waals surface area contributed by atoms with Crippen molar-refractivity contribution in [1.29, 1.82) is 0 Å². The molecule has 0 aliphatic heterocycles. The highest BCUT2D eigenvalue weighted by molar-refractivity contribution is 5.83. The van der Waals surface area contributed by atoms with Crippen molar-refractivity contribution in [3.8, 4) is 5.75 Å². The van der Waals surface area contributed by atoms with Gasteiger partial charge in [-0.3, -0.25) is 4.79 Å². The Bertz CT molecular complexity index is 813. The third-order valence-electron chi connectivity index (χ3n) is 3.15. The van der Waals surface area contributed by atoms with Gasteiger partial charge in [0.05, 0.1) is 5.39 Å². The molecule has 0 fully saturated rings. The van der Waals surface area contributed by atoms with Crippen LogP contribution in [0.15, 0.2) is 59.4 Å². The minimum atomic E-state index is -0.281. The van der Waals surface area contributed by atoms with Gasteiger partial charge < -0.3 is 9.57 Å². The van der Waals surface area contributed by atoms with E-state index < -0.39 is 0 Å². The average molecular weight is 282 g/mol. The second kappa shape index (κ2) is 5.66. The van der Waals surface area contributed by atoms with Gasteiger partial charge in [0.1, 0.15) is 25.2 Å². The van der Waals surface area contributed by atoms with Crippen molar-refractivity contribution in [3.05, 3.63) is 70.6 Å².